The summed E-state index contributed by atoms with van der Waals surface area (Å²) in [6.07, 6.45) is 3.36. The molecule has 122 valence electrons. The van der Waals surface area contributed by atoms with Gasteiger partial charge in [-0.25, -0.2) is 0 Å². The Balaban J connectivity index is 2.56. The quantitative estimate of drug-likeness (QED) is 0.860. The molecule has 0 amide bonds. The molecule has 0 spiro atoms. The van der Waals surface area contributed by atoms with Gasteiger partial charge < -0.3 is 9.30 Å². The molecular formula is C18H21NO3S. The zero-order valence-electron chi connectivity index (χ0n) is 14.0. The van der Waals surface area contributed by atoms with Crippen LogP contribution in [0.15, 0.2) is 29.1 Å². The molecule has 1 aromatic carbocycles. The van der Waals surface area contributed by atoms with Crippen LogP contribution in [0.2, 0.25) is 0 Å². The van der Waals surface area contributed by atoms with Gasteiger partial charge in [0.2, 0.25) is 0 Å². The maximum Gasteiger partial charge on any atom is 0.268 e. The van der Waals surface area contributed by atoms with E-state index in [1.807, 2.05) is 51.1 Å². The van der Waals surface area contributed by atoms with Gasteiger partial charge in [-0.1, -0.05) is 32.9 Å². The monoisotopic (exact) mass is 331 g/mol. The Hall–Kier alpha value is -2.14. The normalized spacial score (nSPS) is 13.4. The van der Waals surface area contributed by atoms with Crippen LogP contribution in [-0.2, 0) is 11.8 Å². The number of hydrogen-bond donors (Lipinski definition) is 0. The van der Waals surface area contributed by atoms with Crippen molar-refractivity contribution in [1.82, 2.24) is 4.57 Å². The van der Waals surface area contributed by atoms with Crippen LogP contribution in [0.3, 0.4) is 0 Å². The van der Waals surface area contributed by atoms with E-state index in [1.165, 1.54) is 15.9 Å². The first-order valence-electron chi connectivity index (χ1n) is 7.30. The fourth-order valence-electron chi connectivity index (χ4n) is 1.92. The number of carbonyl (C=O) groups excluding carboxylic acids is 1. The molecule has 0 bridgehead atoms. The summed E-state index contributed by atoms with van der Waals surface area (Å²) in [7, 11) is 3.29. The molecule has 2 rings (SSSR count). The van der Waals surface area contributed by atoms with E-state index in [1.54, 1.807) is 20.2 Å². The molecule has 0 radical (unpaired) electrons. The average molecular weight is 331 g/mol. The van der Waals surface area contributed by atoms with Crippen molar-refractivity contribution in [2.24, 2.45) is 12.5 Å². The predicted octanol–water partition coefficient (Wildman–Crippen LogP) is 1.68. The van der Waals surface area contributed by atoms with E-state index in [2.05, 4.69) is 0 Å². The van der Waals surface area contributed by atoms with E-state index in [0.29, 0.717) is 9.20 Å². The van der Waals surface area contributed by atoms with Gasteiger partial charge in [-0.2, -0.15) is 0 Å². The fourth-order valence-corrected chi connectivity index (χ4v) is 2.95. The number of nitrogens with zero attached hydrogens (tertiary/aromatic N) is 1. The van der Waals surface area contributed by atoms with Crippen molar-refractivity contribution in [2.75, 3.05) is 7.11 Å². The van der Waals surface area contributed by atoms with Gasteiger partial charge in [0, 0.05) is 18.5 Å². The molecular weight excluding hydrogens is 310 g/mol. The Morgan fingerprint density at radius 1 is 1.30 bits per heavy atom. The SMILES string of the molecule is COc1cccc(/C=c2\s/c(=C/C(=O)C(C)(C)C)n(C)c2=O)c1. The van der Waals surface area contributed by atoms with Gasteiger partial charge in [-0.15, -0.1) is 11.3 Å². The number of Topliss-reactive ketones (excluding diaryl/α,β-unsaturated/α-hetero) is 1. The van der Waals surface area contributed by atoms with E-state index in [4.69, 9.17) is 4.74 Å². The van der Waals surface area contributed by atoms with Gasteiger partial charge in [-0.3, -0.25) is 9.59 Å². The van der Waals surface area contributed by atoms with Gasteiger partial charge >= 0.3 is 0 Å². The van der Waals surface area contributed by atoms with Gasteiger partial charge in [0.05, 0.1) is 11.6 Å². The molecule has 0 N–H and O–H groups in total. The van der Waals surface area contributed by atoms with E-state index in [9.17, 15) is 9.59 Å². The van der Waals surface area contributed by atoms with Crippen LogP contribution in [0.25, 0.3) is 12.2 Å². The van der Waals surface area contributed by atoms with Crippen LogP contribution in [0.4, 0.5) is 0 Å². The Kier molecular flexibility index (Phi) is 4.90. The summed E-state index contributed by atoms with van der Waals surface area (Å²) in [5.74, 6) is 0.740. The number of thiazole rings is 1. The maximum atomic E-state index is 12.4. The molecule has 0 saturated carbocycles. The van der Waals surface area contributed by atoms with Crippen molar-refractivity contribution in [3.8, 4) is 5.75 Å². The smallest absolute Gasteiger partial charge is 0.268 e. The summed E-state index contributed by atoms with van der Waals surface area (Å²) in [5, 5.41) is 0. The fraction of sp³-hybridized carbons (Fsp3) is 0.333. The van der Waals surface area contributed by atoms with Crippen molar-refractivity contribution >= 4 is 29.3 Å². The molecule has 0 unspecified atom stereocenters. The van der Waals surface area contributed by atoms with Crippen LogP contribution >= 0.6 is 11.3 Å². The first-order valence-corrected chi connectivity index (χ1v) is 8.12. The number of carbonyl (C=O) groups is 1. The molecule has 1 heterocycles. The molecule has 0 aliphatic carbocycles. The van der Waals surface area contributed by atoms with Crippen LogP contribution in [-0.4, -0.2) is 17.5 Å². The molecule has 0 aliphatic heterocycles. The maximum absolute atomic E-state index is 12.4. The number of aromatic nitrogens is 1. The Bertz CT molecular complexity index is 898. The highest BCUT2D eigenvalue weighted by Gasteiger charge is 2.19. The van der Waals surface area contributed by atoms with Crippen LogP contribution in [0.5, 0.6) is 5.75 Å². The third kappa shape index (κ3) is 3.99. The molecule has 0 aliphatic rings. The first-order chi connectivity index (χ1) is 10.7. The summed E-state index contributed by atoms with van der Waals surface area (Å²) in [6.45, 7) is 5.59. The molecule has 0 saturated heterocycles. The largest absolute Gasteiger partial charge is 0.497 e. The third-order valence-electron chi connectivity index (χ3n) is 3.45. The van der Waals surface area contributed by atoms with E-state index < -0.39 is 5.41 Å². The number of ketones is 1. The lowest BCUT2D eigenvalue weighted by Gasteiger charge is -2.12. The van der Waals surface area contributed by atoms with Gasteiger partial charge in [0.25, 0.3) is 5.56 Å². The van der Waals surface area contributed by atoms with Crippen LogP contribution in [0.1, 0.15) is 26.3 Å². The topological polar surface area (TPSA) is 48.3 Å². The number of rotatable bonds is 3. The molecule has 5 heteroatoms. The first kappa shape index (κ1) is 17.2. The lowest BCUT2D eigenvalue weighted by molar-refractivity contribution is -0.120. The second kappa shape index (κ2) is 6.54. The zero-order valence-corrected chi connectivity index (χ0v) is 14.9. The number of benzene rings is 1. The predicted molar refractivity (Wildman–Crippen MR) is 94.3 cm³/mol. The van der Waals surface area contributed by atoms with Gasteiger partial charge in [0.15, 0.2) is 5.78 Å². The van der Waals surface area contributed by atoms with Crippen LogP contribution < -0.4 is 19.5 Å². The van der Waals surface area contributed by atoms with Crippen LogP contribution in [0, 0.1) is 5.41 Å². The van der Waals surface area contributed by atoms with Crippen molar-refractivity contribution in [3.63, 3.8) is 0 Å². The Morgan fingerprint density at radius 2 is 2.00 bits per heavy atom. The highest BCUT2D eigenvalue weighted by molar-refractivity contribution is 7.07. The minimum atomic E-state index is -0.462. The summed E-state index contributed by atoms with van der Waals surface area (Å²) in [5.41, 5.74) is 0.319. The molecule has 0 fully saturated rings. The number of methoxy groups -OCH3 is 1. The van der Waals surface area contributed by atoms with E-state index >= 15 is 0 Å². The Labute approximate surface area is 139 Å². The second-order valence-corrected chi connectivity index (χ2v) is 7.41. The average Bonchev–Trinajstić information content (AvgIpc) is 2.75. The van der Waals surface area contributed by atoms with Crippen molar-refractivity contribution in [1.29, 1.82) is 0 Å². The number of hydrogen-bond acceptors (Lipinski definition) is 4. The zero-order chi connectivity index (χ0) is 17.2. The summed E-state index contributed by atoms with van der Waals surface area (Å²) in [6, 6.07) is 7.50. The lowest BCUT2D eigenvalue weighted by Crippen LogP contribution is -2.30. The summed E-state index contributed by atoms with van der Waals surface area (Å²) in [4.78, 5) is 24.5. The molecule has 1 aromatic heterocycles. The summed E-state index contributed by atoms with van der Waals surface area (Å²) >= 11 is 1.32. The van der Waals surface area contributed by atoms with Crippen molar-refractivity contribution in [3.05, 3.63) is 49.4 Å². The standard InChI is InChI=1S/C18H21NO3S/c1-18(2,3)15(20)11-16-19(4)17(21)14(23-16)10-12-7-6-8-13(9-12)22-5/h6-11H,1-5H3/b14-10-,16-11+. The molecule has 2 aromatic rings. The van der Waals surface area contributed by atoms with Crippen molar-refractivity contribution < 1.29 is 9.53 Å². The van der Waals surface area contributed by atoms with Gasteiger partial charge in [0.1, 0.15) is 10.4 Å². The minimum absolute atomic E-state index is 0.00211. The highest BCUT2D eigenvalue weighted by atomic mass is 32.1. The second-order valence-electron chi connectivity index (χ2n) is 6.35. The summed E-state index contributed by atoms with van der Waals surface area (Å²) < 4.78 is 7.95. The lowest BCUT2D eigenvalue weighted by atomic mass is 9.91. The van der Waals surface area contributed by atoms with Crippen molar-refractivity contribution in [2.45, 2.75) is 20.8 Å². The Morgan fingerprint density at radius 3 is 2.61 bits per heavy atom. The van der Waals surface area contributed by atoms with E-state index in [-0.39, 0.29) is 11.3 Å². The molecule has 4 nitrogen and oxygen atoms in total. The third-order valence-corrected chi connectivity index (χ3v) is 4.56. The number of ether oxygens (including phenoxy) is 1. The highest BCUT2D eigenvalue weighted by Crippen LogP contribution is 2.15. The molecule has 23 heavy (non-hydrogen) atoms. The van der Waals surface area contributed by atoms with E-state index in [0.717, 1.165) is 11.3 Å². The van der Waals surface area contributed by atoms with Gasteiger partial charge in [-0.05, 0) is 23.8 Å². The molecule has 0 atom stereocenters. The minimum Gasteiger partial charge on any atom is -0.497 e.